The number of nitrogens with zero attached hydrogens (tertiary/aromatic N) is 2. The maximum Gasteiger partial charge on any atom is 0.266 e. The summed E-state index contributed by atoms with van der Waals surface area (Å²) in [4.78, 5) is 17.9. The number of para-hydroxylation sites is 2. The number of hydrogen-bond donors (Lipinski definition) is 0. The molecule has 4 aromatic rings. The summed E-state index contributed by atoms with van der Waals surface area (Å²) >= 11 is 12.7. The fraction of sp³-hybridized carbons (Fsp3) is 0. The van der Waals surface area contributed by atoms with E-state index in [2.05, 4.69) is 0 Å². The number of fused-ring (bicyclic) bond motifs is 1. The van der Waals surface area contributed by atoms with E-state index in [1.54, 1.807) is 24.3 Å². The van der Waals surface area contributed by atoms with Crippen LogP contribution in [0.25, 0.3) is 28.0 Å². The lowest BCUT2D eigenvalue weighted by Crippen LogP contribution is -2.22. The van der Waals surface area contributed by atoms with Crippen LogP contribution in [-0.4, -0.2) is 9.55 Å². The quantitative estimate of drug-likeness (QED) is 0.478. The van der Waals surface area contributed by atoms with Crippen molar-refractivity contribution in [1.82, 2.24) is 9.55 Å². The van der Waals surface area contributed by atoms with E-state index >= 15 is 0 Å². The van der Waals surface area contributed by atoms with Gasteiger partial charge in [0.15, 0.2) is 0 Å². The summed E-state index contributed by atoms with van der Waals surface area (Å²) < 4.78 is 1.49. The average Bonchev–Trinajstić information content (AvgIpc) is 2.64. The van der Waals surface area contributed by atoms with Gasteiger partial charge in [0.2, 0.25) is 0 Å². The van der Waals surface area contributed by atoms with Crippen LogP contribution in [0.15, 0.2) is 77.6 Å². The lowest BCUT2D eigenvalue weighted by atomic mass is 10.1. The molecule has 1 heterocycles. The van der Waals surface area contributed by atoms with E-state index in [1.165, 1.54) is 4.57 Å². The zero-order chi connectivity index (χ0) is 17.4. The van der Waals surface area contributed by atoms with Crippen molar-refractivity contribution in [3.8, 4) is 17.1 Å². The highest BCUT2D eigenvalue weighted by atomic mass is 35.5. The molecule has 0 spiro atoms. The van der Waals surface area contributed by atoms with E-state index in [0.717, 1.165) is 5.56 Å². The molecule has 0 amide bonds. The van der Waals surface area contributed by atoms with Crippen LogP contribution in [0.2, 0.25) is 10.0 Å². The zero-order valence-electron chi connectivity index (χ0n) is 13.0. The van der Waals surface area contributed by atoms with E-state index in [0.29, 0.717) is 32.5 Å². The predicted molar refractivity (Wildman–Crippen MR) is 103 cm³/mol. The molecule has 1 aromatic heterocycles. The van der Waals surface area contributed by atoms with Gasteiger partial charge in [-0.05, 0) is 24.3 Å². The minimum atomic E-state index is -0.209. The molecule has 0 radical (unpaired) electrons. The Balaban J connectivity index is 2.19. The van der Waals surface area contributed by atoms with Crippen molar-refractivity contribution >= 4 is 34.1 Å². The van der Waals surface area contributed by atoms with Gasteiger partial charge >= 0.3 is 0 Å². The third kappa shape index (κ3) is 2.72. The molecule has 0 bridgehead atoms. The van der Waals surface area contributed by atoms with Gasteiger partial charge in [-0.25, -0.2) is 4.98 Å². The molecule has 0 aliphatic carbocycles. The second-order valence-electron chi connectivity index (χ2n) is 5.53. The normalized spacial score (nSPS) is 11.0. The second-order valence-corrected chi connectivity index (χ2v) is 6.34. The number of aromatic nitrogens is 2. The Hall–Kier alpha value is -2.62. The molecule has 0 aliphatic rings. The van der Waals surface area contributed by atoms with Gasteiger partial charge < -0.3 is 0 Å². The van der Waals surface area contributed by atoms with E-state index in [4.69, 9.17) is 28.2 Å². The summed E-state index contributed by atoms with van der Waals surface area (Å²) in [6.45, 7) is 0. The summed E-state index contributed by atoms with van der Waals surface area (Å²) in [5, 5.41) is 1.30. The molecule has 0 fully saturated rings. The first-order valence-corrected chi connectivity index (χ1v) is 8.44. The summed E-state index contributed by atoms with van der Waals surface area (Å²) in [6.07, 6.45) is 0. The van der Waals surface area contributed by atoms with Crippen LogP contribution in [0, 0.1) is 0 Å². The van der Waals surface area contributed by atoms with Gasteiger partial charge in [0.1, 0.15) is 5.82 Å². The lowest BCUT2D eigenvalue weighted by molar-refractivity contribution is 0.976. The van der Waals surface area contributed by atoms with Crippen LogP contribution in [0.4, 0.5) is 0 Å². The Kier molecular flexibility index (Phi) is 4.04. The van der Waals surface area contributed by atoms with E-state index in [-0.39, 0.29) is 5.56 Å². The van der Waals surface area contributed by atoms with Crippen molar-refractivity contribution in [3.63, 3.8) is 0 Å². The molecule has 122 valence electrons. The van der Waals surface area contributed by atoms with Crippen molar-refractivity contribution in [2.45, 2.75) is 0 Å². The Morgan fingerprint density at radius 2 is 1.40 bits per heavy atom. The van der Waals surface area contributed by atoms with Gasteiger partial charge in [-0.1, -0.05) is 71.7 Å². The van der Waals surface area contributed by atoms with Crippen molar-refractivity contribution < 1.29 is 0 Å². The summed E-state index contributed by atoms with van der Waals surface area (Å²) in [5.74, 6) is 0.499. The summed E-state index contributed by atoms with van der Waals surface area (Å²) in [5.41, 5.74) is 1.67. The standard InChI is InChI=1S/C20H12Cl2N2O/c21-15-10-6-11-16(22)18(15)24-19(13-7-2-1-3-8-13)23-17-12-5-4-9-14(17)20(24)25/h1-12H. The fourth-order valence-electron chi connectivity index (χ4n) is 2.82. The topological polar surface area (TPSA) is 34.9 Å². The SMILES string of the molecule is O=c1c2ccccc2nc(-c2ccccc2)n1-c1c(Cl)cccc1Cl. The fourth-order valence-corrected chi connectivity index (χ4v) is 3.39. The minimum absolute atomic E-state index is 0.209. The smallest absolute Gasteiger partial charge is 0.266 e. The highest BCUT2D eigenvalue weighted by Gasteiger charge is 2.18. The van der Waals surface area contributed by atoms with Crippen LogP contribution < -0.4 is 5.56 Å². The lowest BCUT2D eigenvalue weighted by Gasteiger charge is -2.16. The van der Waals surface area contributed by atoms with Gasteiger partial charge in [-0.15, -0.1) is 0 Å². The van der Waals surface area contributed by atoms with Gasteiger partial charge in [0.05, 0.1) is 26.6 Å². The van der Waals surface area contributed by atoms with Crippen molar-refractivity contribution in [2.75, 3.05) is 0 Å². The minimum Gasteiger partial charge on any atom is -0.268 e. The van der Waals surface area contributed by atoms with Crippen LogP contribution in [0.3, 0.4) is 0 Å². The first-order valence-electron chi connectivity index (χ1n) is 7.68. The number of rotatable bonds is 2. The molecule has 0 saturated heterocycles. The predicted octanol–water partition coefficient (Wildman–Crippen LogP) is 5.36. The molecule has 3 nitrogen and oxygen atoms in total. The monoisotopic (exact) mass is 366 g/mol. The van der Waals surface area contributed by atoms with Crippen LogP contribution in [0.5, 0.6) is 0 Å². The maximum atomic E-state index is 13.2. The summed E-state index contributed by atoms with van der Waals surface area (Å²) in [7, 11) is 0. The molecular weight excluding hydrogens is 355 g/mol. The van der Waals surface area contributed by atoms with Gasteiger partial charge in [0.25, 0.3) is 5.56 Å². The molecule has 0 aliphatic heterocycles. The largest absolute Gasteiger partial charge is 0.268 e. The molecule has 4 rings (SSSR count). The molecule has 0 N–H and O–H groups in total. The maximum absolute atomic E-state index is 13.2. The number of halogens is 2. The second kappa shape index (κ2) is 6.36. The van der Waals surface area contributed by atoms with Gasteiger partial charge in [0, 0.05) is 5.56 Å². The zero-order valence-corrected chi connectivity index (χ0v) is 14.5. The third-order valence-electron chi connectivity index (χ3n) is 3.97. The highest BCUT2D eigenvalue weighted by Crippen LogP contribution is 2.31. The van der Waals surface area contributed by atoms with Crippen LogP contribution in [-0.2, 0) is 0 Å². The third-order valence-corrected chi connectivity index (χ3v) is 4.58. The Morgan fingerprint density at radius 3 is 2.12 bits per heavy atom. The molecular formula is C20H12Cl2N2O. The van der Waals surface area contributed by atoms with Crippen molar-refractivity contribution in [2.24, 2.45) is 0 Å². The molecule has 3 aromatic carbocycles. The molecule has 5 heteroatoms. The van der Waals surface area contributed by atoms with E-state index < -0.39 is 0 Å². The number of benzene rings is 3. The molecule has 25 heavy (non-hydrogen) atoms. The Labute approximate surface area is 154 Å². The Bertz CT molecular complexity index is 1120. The first kappa shape index (κ1) is 15.9. The summed E-state index contributed by atoms with van der Waals surface area (Å²) in [6, 6.07) is 21.9. The van der Waals surface area contributed by atoms with Crippen LogP contribution >= 0.6 is 23.2 Å². The molecule has 0 unspecified atom stereocenters. The van der Waals surface area contributed by atoms with E-state index in [1.807, 2.05) is 48.5 Å². The average molecular weight is 367 g/mol. The highest BCUT2D eigenvalue weighted by molar-refractivity contribution is 6.37. The van der Waals surface area contributed by atoms with Gasteiger partial charge in [-0.2, -0.15) is 0 Å². The Morgan fingerprint density at radius 1 is 0.760 bits per heavy atom. The van der Waals surface area contributed by atoms with Crippen molar-refractivity contribution in [3.05, 3.63) is 93.2 Å². The number of hydrogen-bond acceptors (Lipinski definition) is 2. The molecule has 0 atom stereocenters. The first-order chi connectivity index (χ1) is 12.2. The van der Waals surface area contributed by atoms with E-state index in [9.17, 15) is 4.79 Å². The van der Waals surface area contributed by atoms with Crippen molar-refractivity contribution in [1.29, 1.82) is 0 Å². The van der Waals surface area contributed by atoms with Gasteiger partial charge in [-0.3, -0.25) is 9.36 Å². The van der Waals surface area contributed by atoms with Crippen LogP contribution in [0.1, 0.15) is 0 Å². The molecule has 0 saturated carbocycles.